The molecule has 0 amide bonds. The Kier molecular flexibility index (Phi) is 12.3. The van der Waals surface area contributed by atoms with E-state index in [0.717, 1.165) is 57.8 Å². The molecule has 306 valence electrons. The van der Waals surface area contributed by atoms with Crippen LogP contribution in [0.15, 0.2) is 46.5 Å². The minimum absolute atomic E-state index is 0.0171. The van der Waals surface area contributed by atoms with Crippen molar-refractivity contribution in [2.45, 2.75) is 90.5 Å². The van der Waals surface area contributed by atoms with Gasteiger partial charge in [0.15, 0.2) is 18.3 Å². The zero-order chi connectivity index (χ0) is 40.3. The third-order valence-electron chi connectivity index (χ3n) is 10.2. The average molecular weight is 809 g/mol. The molecule has 2 aliphatic heterocycles. The summed E-state index contributed by atoms with van der Waals surface area (Å²) < 4.78 is 54.8. The zero-order valence-electron chi connectivity index (χ0n) is 34.2. The van der Waals surface area contributed by atoms with Gasteiger partial charge in [0.2, 0.25) is 0 Å². The molecule has 12 heteroatoms. The number of thiophene rings is 1. The quantitative estimate of drug-likeness (QED) is 0.123. The Morgan fingerprint density at radius 1 is 0.741 bits per heavy atom. The van der Waals surface area contributed by atoms with Gasteiger partial charge in [0.25, 0.3) is 0 Å². The third kappa shape index (κ3) is 10.3. The second kappa shape index (κ2) is 17.5. The summed E-state index contributed by atoms with van der Waals surface area (Å²) in [5.74, 6) is 15.1. The van der Waals surface area contributed by atoms with Gasteiger partial charge in [-0.15, -0.1) is 11.3 Å². The van der Waals surface area contributed by atoms with Crippen molar-refractivity contribution in [2.24, 2.45) is 10.8 Å². The van der Waals surface area contributed by atoms with Crippen molar-refractivity contribution in [3.63, 3.8) is 0 Å². The molecule has 4 aliphatic rings. The number of ether oxygens (including phenoxy) is 8. The van der Waals surface area contributed by atoms with Gasteiger partial charge in [0, 0.05) is 61.4 Å². The molecule has 0 spiro atoms. The normalized spacial score (nSPS) is 21.4. The molecule has 0 N–H and O–H groups in total. The fraction of sp³-hybridized carbons (Fsp3) is 0.522. The van der Waals surface area contributed by atoms with Crippen LogP contribution in [0.5, 0.6) is 11.5 Å². The Bertz CT molecular complexity index is 2180. The van der Waals surface area contributed by atoms with Gasteiger partial charge in [-0.2, -0.15) is 0 Å². The van der Waals surface area contributed by atoms with Gasteiger partial charge >= 0.3 is 0 Å². The Labute approximate surface area is 345 Å². The average Bonchev–Trinajstić information content (AvgIpc) is 4.08. The van der Waals surface area contributed by atoms with E-state index < -0.39 is 6.29 Å². The summed E-state index contributed by atoms with van der Waals surface area (Å²) in [7, 11) is 3.25. The molecule has 2 unspecified atom stereocenters. The number of aromatic nitrogens is 2. The molecule has 4 aromatic heterocycles. The van der Waals surface area contributed by atoms with Crippen molar-refractivity contribution >= 4 is 11.3 Å². The van der Waals surface area contributed by atoms with E-state index in [9.17, 15) is 0 Å². The second-order valence-electron chi connectivity index (χ2n) is 17.1. The Morgan fingerprint density at radius 2 is 1.33 bits per heavy atom. The van der Waals surface area contributed by atoms with E-state index in [4.69, 9.17) is 52.3 Å². The highest BCUT2D eigenvalue weighted by atomic mass is 32.1. The third-order valence-corrected chi connectivity index (χ3v) is 11.1. The molecule has 4 aromatic rings. The van der Waals surface area contributed by atoms with Gasteiger partial charge in [-0.05, 0) is 60.0 Å². The van der Waals surface area contributed by atoms with Crippen molar-refractivity contribution in [2.75, 3.05) is 53.9 Å². The summed E-state index contributed by atoms with van der Waals surface area (Å²) in [4.78, 5) is 10.7. The van der Waals surface area contributed by atoms with Gasteiger partial charge < -0.3 is 42.3 Å². The monoisotopic (exact) mass is 808 g/mol. The molecule has 8 rings (SSSR count). The molecular weight excluding hydrogens is 757 g/mol. The maximum absolute atomic E-state index is 6.85. The lowest BCUT2D eigenvalue weighted by molar-refractivity contribution is -0.220. The van der Waals surface area contributed by atoms with Crippen LogP contribution in [-0.2, 0) is 41.3 Å². The van der Waals surface area contributed by atoms with Crippen LogP contribution in [0, 0.1) is 34.5 Å². The Balaban J connectivity index is 1.07. The van der Waals surface area contributed by atoms with E-state index in [1.807, 2.05) is 12.1 Å². The van der Waals surface area contributed by atoms with Crippen LogP contribution in [0.1, 0.15) is 80.9 Å². The highest BCUT2D eigenvalue weighted by Gasteiger charge is 2.46. The lowest BCUT2D eigenvalue weighted by Crippen LogP contribution is -2.38. The van der Waals surface area contributed by atoms with Crippen LogP contribution in [0.25, 0.3) is 22.0 Å². The lowest BCUT2D eigenvalue weighted by Gasteiger charge is -2.34. The molecule has 6 heterocycles. The molecule has 2 aliphatic carbocycles. The predicted octanol–water partition coefficient (Wildman–Crippen LogP) is 7.82. The minimum atomic E-state index is -0.397. The van der Waals surface area contributed by atoms with Crippen molar-refractivity contribution in [3.05, 3.63) is 70.1 Å². The second-order valence-corrected chi connectivity index (χ2v) is 18.0. The Morgan fingerprint density at radius 3 is 1.93 bits per heavy atom. The van der Waals surface area contributed by atoms with Crippen LogP contribution in [-0.4, -0.2) is 88.6 Å². The van der Waals surface area contributed by atoms with E-state index >= 15 is 0 Å². The van der Waals surface area contributed by atoms with Crippen LogP contribution in [0.3, 0.4) is 0 Å². The summed E-state index contributed by atoms with van der Waals surface area (Å²) in [6, 6.07) is 8.12. The lowest BCUT2D eigenvalue weighted by atomic mass is 9.95. The zero-order valence-corrected chi connectivity index (χ0v) is 35.0. The standard InChI is InChI=1S/C46H52N2O9S/c1-45(2)25-51-40(52-26-45)18-31-17-39(58-24-31)43-37(16-30(23-48-43)10-8-14-50-6)56-35-21-34(35)44-32(20-41-53-27-46(3,4)28-54-41)19-38(57-44)42-36(55-33-11-12-33)15-29(22-47-42)9-7-13-49-5/h15-17,19,22-24,33-35,40-41H,11-14,18,20-21,25-28H2,1-6H3. The summed E-state index contributed by atoms with van der Waals surface area (Å²) in [6.07, 6.45) is 6.83. The first-order valence-corrected chi connectivity index (χ1v) is 20.9. The van der Waals surface area contributed by atoms with Gasteiger partial charge in [-0.25, -0.2) is 4.98 Å². The highest BCUT2D eigenvalue weighted by Crippen LogP contribution is 2.49. The largest absolute Gasteiger partial charge is 0.488 e. The minimum Gasteiger partial charge on any atom is -0.488 e. The van der Waals surface area contributed by atoms with Crippen molar-refractivity contribution in [1.82, 2.24) is 9.97 Å². The number of rotatable bonds is 13. The molecule has 58 heavy (non-hydrogen) atoms. The first-order valence-electron chi connectivity index (χ1n) is 20.0. The van der Waals surface area contributed by atoms with Gasteiger partial charge in [0.05, 0.1) is 43.3 Å². The Hall–Kier alpha value is -4.24. The highest BCUT2D eigenvalue weighted by molar-refractivity contribution is 7.13. The smallest absolute Gasteiger partial charge is 0.161 e. The molecule has 11 nitrogen and oxygen atoms in total. The van der Waals surface area contributed by atoms with Gasteiger partial charge in [0.1, 0.15) is 48.0 Å². The molecule has 4 fully saturated rings. The van der Waals surface area contributed by atoms with E-state index in [1.165, 1.54) is 0 Å². The first-order chi connectivity index (χ1) is 28.0. The first kappa shape index (κ1) is 40.5. The number of hydrogen-bond donors (Lipinski definition) is 0. The molecule has 0 aromatic carbocycles. The van der Waals surface area contributed by atoms with E-state index in [2.05, 4.69) is 68.9 Å². The number of methoxy groups -OCH3 is 2. The SMILES string of the molecule is COCC#Cc1cnc(-c2cc(CC3OCC(C)(C)CO3)c(C3CC3Oc3cc(C#CCOC)cnc3-c3cc(CC4OCC(C)(C)CO4)cs3)o2)c(OC2CC2)c1. The molecule has 0 radical (unpaired) electrons. The number of pyridine rings is 2. The van der Waals surface area contributed by atoms with Crippen LogP contribution >= 0.6 is 11.3 Å². The molecule has 2 atom stereocenters. The van der Waals surface area contributed by atoms with Crippen LogP contribution < -0.4 is 9.47 Å². The van der Waals surface area contributed by atoms with Crippen molar-refractivity contribution in [3.8, 4) is 57.2 Å². The van der Waals surface area contributed by atoms with Gasteiger partial charge in [-0.3, -0.25) is 4.98 Å². The van der Waals surface area contributed by atoms with Crippen LogP contribution in [0.2, 0.25) is 0 Å². The number of hydrogen-bond acceptors (Lipinski definition) is 12. The maximum Gasteiger partial charge on any atom is 0.161 e. The maximum atomic E-state index is 6.85. The summed E-state index contributed by atoms with van der Waals surface area (Å²) >= 11 is 1.63. The number of furan rings is 1. The fourth-order valence-electron chi connectivity index (χ4n) is 6.80. The predicted molar refractivity (Wildman–Crippen MR) is 219 cm³/mol. The topological polar surface area (TPSA) is 113 Å². The summed E-state index contributed by atoms with van der Waals surface area (Å²) in [6.45, 7) is 11.8. The summed E-state index contributed by atoms with van der Waals surface area (Å²) in [5.41, 5.74) is 4.99. The molecular formula is C46H52N2O9S. The summed E-state index contributed by atoms with van der Waals surface area (Å²) in [5, 5.41) is 2.14. The van der Waals surface area contributed by atoms with Gasteiger partial charge in [-0.1, -0.05) is 51.4 Å². The fourth-order valence-corrected chi connectivity index (χ4v) is 7.73. The molecule has 0 bridgehead atoms. The van der Waals surface area contributed by atoms with E-state index in [1.54, 1.807) is 38.0 Å². The van der Waals surface area contributed by atoms with E-state index in [0.29, 0.717) is 75.4 Å². The molecule has 2 saturated heterocycles. The van der Waals surface area contributed by atoms with Crippen molar-refractivity contribution < 1.29 is 42.3 Å². The molecule has 2 saturated carbocycles. The number of nitrogens with zero attached hydrogens (tertiary/aromatic N) is 2. The van der Waals surface area contributed by atoms with E-state index in [-0.39, 0.29) is 35.2 Å². The van der Waals surface area contributed by atoms with Crippen LogP contribution in [0.4, 0.5) is 0 Å². The van der Waals surface area contributed by atoms with Crippen molar-refractivity contribution in [1.29, 1.82) is 0 Å².